The van der Waals surface area contributed by atoms with E-state index < -0.39 is 62.4 Å². The molecule has 0 bridgehead atoms. The largest absolute Gasteiger partial charge is 0.417 e. The van der Waals surface area contributed by atoms with Gasteiger partial charge in [0, 0.05) is 34.1 Å². The summed E-state index contributed by atoms with van der Waals surface area (Å²) >= 11 is 18.6. The number of amides is 2. The number of nitrogens with zero attached hydrogens (tertiary/aromatic N) is 2. The molecule has 0 aliphatic carbocycles. The number of halogens is 6. The van der Waals surface area contributed by atoms with Crippen LogP contribution < -0.4 is 9.62 Å². The average Bonchev–Trinajstić information content (AvgIpc) is 2.89. The van der Waals surface area contributed by atoms with Gasteiger partial charge in [0.15, 0.2) is 0 Å². The van der Waals surface area contributed by atoms with Crippen LogP contribution in [0.5, 0.6) is 0 Å². The molecule has 0 radical (unpaired) electrons. The van der Waals surface area contributed by atoms with Gasteiger partial charge in [0.2, 0.25) is 21.8 Å². The molecule has 2 amide bonds. The Morgan fingerprint density at radius 2 is 1.48 bits per heavy atom. The zero-order valence-corrected chi connectivity index (χ0v) is 27.3. The number of nitrogens with one attached hydrogen (secondary N) is 1. The fourth-order valence-corrected chi connectivity index (χ4v) is 5.94. The van der Waals surface area contributed by atoms with Crippen LogP contribution in [0.2, 0.25) is 15.1 Å². The van der Waals surface area contributed by atoms with E-state index in [0.717, 1.165) is 23.3 Å². The molecule has 3 rings (SSSR count). The van der Waals surface area contributed by atoms with Crippen LogP contribution in [0.4, 0.5) is 18.9 Å². The first-order valence-corrected chi connectivity index (χ1v) is 16.2. The Balaban J connectivity index is 2.16. The van der Waals surface area contributed by atoms with Crippen LogP contribution in [0, 0.1) is 0 Å². The predicted molar refractivity (Wildman–Crippen MR) is 167 cm³/mol. The number of alkyl halides is 3. The van der Waals surface area contributed by atoms with Crippen LogP contribution in [-0.4, -0.2) is 49.5 Å². The molecule has 0 aliphatic heterocycles. The molecule has 44 heavy (non-hydrogen) atoms. The second kappa shape index (κ2) is 14.0. The number of anilines is 1. The van der Waals surface area contributed by atoms with Gasteiger partial charge in [-0.3, -0.25) is 13.9 Å². The first-order valence-electron chi connectivity index (χ1n) is 13.2. The van der Waals surface area contributed by atoms with Crippen molar-refractivity contribution in [2.75, 3.05) is 17.1 Å². The van der Waals surface area contributed by atoms with Crippen LogP contribution in [0.15, 0.2) is 66.7 Å². The summed E-state index contributed by atoms with van der Waals surface area (Å²) in [5.74, 6) is -1.44. The normalized spacial score (nSPS) is 12.9. The molecule has 0 unspecified atom stereocenters. The van der Waals surface area contributed by atoms with Crippen LogP contribution in [0.25, 0.3) is 0 Å². The van der Waals surface area contributed by atoms with Crippen LogP contribution in [0.1, 0.15) is 37.5 Å². The number of rotatable bonds is 10. The van der Waals surface area contributed by atoms with Gasteiger partial charge >= 0.3 is 6.18 Å². The molecule has 3 aromatic rings. The lowest BCUT2D eigenvalue weighted by atomic mass is 10.0. The lowest BCUT2D eigenvalue weighted by molar-refractivity contribution is -0.140. The van der Waals surface area contributed by atoms with Crippen LogP contribution in [-0.2, 0) is 38.8 Å². The number of benzene rings is 3. The van der Waals surface area contributed by atoms with Gasteiger partial charge in [-0.25, -0.2) is 8.42 Å². The number of sulfonamides is 1. The Bertz CT molecular complexity index is 1590. The Labute approximate surface area is 269 Å². The third kappa shape index (κ3) is 9.50. The van der Waals surface area contributed by atoms with Gasteiger partial charge in [-0.05, 0) is 56.7 Å². The van der Waals surface area contributed by atoms with Crippen molar-refractivity contribution in [1.82, 2.24) is 10.2 Å². The van der Waals surface area contributed by atoms with E-state index in [9.17, 15) is 31.2 Å². The van der Waals surface area contributed by atoms with Gasteiger partial charge in [0.1, 0.15) is 12.6 Å². The van der Waals surface area contributed by atoms with Crippen molar-refractivity contribution in [3.05, 3.63) is 98.5 Å². The zero-order valence-electron chi connectivity index (χ0n) is 24.3. The van der Waals surface area contributed by atoms with Gasteiger partial charge in [-0.15, -0.1) is 0 Å². The van der Waals surface area contributed by atoms with E-state index in [1.807, 2.05) is 0 Å². The number of carbonyl (C=O) groups excluding carboxylic acids is 2. The summed E-state index contributed by atoms with van der Waals surface area (Å²) in [7, 11) is -4.32. The summed E-state index contributed by atoms with van der Waals surface area (Å²) in [5.41, 5.74) is -1.44. The Morgan fingerprint density at radius 1 is 0.886 bits per heavy atom. The Kier molecular flexibility index (Phi) is 11.3. The quantitative estimate of drug-likeness (QED) is 0.248. The van der Waals surface area contributed by atoms with E-state index in [4.69, 9.17) is 34.8 Å². The highest BCUT2D eigenvalue weighted by atomic mass is 35.5. The summed E-state index contributed by atoms with van der Waals surface area (Å²) in [5, 5.41) is 2.61. The van der Waals surface area contributed by atoms with Crippen molar-refractivity contribution in [1.29, 1.82) is 0 Å². The molecule has 0 heterocycles. The van der Waals surface area contributed by atoms with Crippen molar-refractivity contribution in [2.45, 2.75) is 51.5 Å². The van der Waals surface area contributed by atoms with E-state index in [1.54, 1.807) is 69.3 Å². The fraction of sp³-hybridized carbons (Fsp3) is 0.333. The maximum Gasteiger partial charge on any atom is 0.417 e. The van der Waals surface area contributed by atoms with Crippen molar-refractivity contribution in [3.63, 3.8) is 0 Å². The molecular formula is C30H31Cl3F3N3O4S. The number of hydrogen-bond donors (Lipinski definition) is 1. The molecule has 0 aliphatic rings. The van der Waals surface area contributed by atoms with Gasteiger partial charge in [0.25, 0.3) is 0 Å². The molecule has 14 heteroatoms. The first-order chi connectivity index (χ1) is 20.3. The van der Waals surface area contributed by atoms with Crippen LogP contribution in [0.3, 0.4) is 0 Å². The van der Waals surface area contributed by atoms with E-state index in [1.165, 1.54) is 0 Å². The molecular weight excluding hydrogens is 662 g/mol. The molecule has 1 N–H and O–H groups in total. The molecule has 0 saturated heterocycles. The second-order valence-electron chi connectivity index (χ2n) is 11.1. The molecule has 0 spiro atoms. The first kappa shape index (κ1) is 35.5. The van der Waals surface area contributed by atoms with Crippen molar-refractivity contribution in [3.8, 4) is 0 Å². The topological polar surface area (TPSA) is 86.8 Å². The second-order valence-corrected chi connectivity index (χ2v) is 14.2. The summed E-state index contributed by atoms with van der Waals surface area (Å²) in [6, 6.07) is 14.8. The standard InChI is InChI=1S/C30H31Cl3F3N3O4S/c1-29(2,3)37-28(41)26(15-19-9-6-5-7-10-19)38(17-21-23(31)11-8-12-24(21)32)27(40)18-39(44(4,42)43)20-13-14-25(33)22(16-20)30(34,35)36/h5-14,16,26H,15,17-18H2,1-4H3,(H,37,41)/t26-/m1/s1. The molecule has 0 saturated carbocycles. The maximum atomic E-state index is 14.2. The van der Waals surface area contributed by atoms with Crippen molar-refractivity contribution < 1.29 is 31.2 Å². The highest BCUT2D eigenvalue weighted by molar-refractivity contribution is 7.92. The molecule has 1 atom stereocenters. The number of carbonyl (C=O) groups is 2. The Morgan fingerprint density at radius 3 is 2.00 bits per heavy atom. The lowest BCUT2D eigenvalue weighted by Crippen LogP contribution is -2.56. The molecule has 0 fully saturated rings. The maximum absolute atomic E-state index is 14.2. The summed E-state index contributed by atoms with van der Waals surface area (Å²) in [4.78, 5) is 29.1. The third-order valence-electron chi connectivity index (χ3n) is 6.38. The molecule has 238 valence electrons. The van der Waals surface area contributed by atoms with Crippen molar-refractivity contribution >= 4 is 62.3 Å². The Hall–Kier alpha value is -2.99. The van der Waals surface area contributed by atoms with Gasteiger partial charge in [-0.1, -0.05) is 71.2 Å². The van der Waals surface area contributed by atoms with Gasteiger partial charge in [-0.2, -0.15) is 13.2 Å². The van der Waals surface area contributed by atoms with E-state index in [2.05, 4.69) is 5.32 Å². The highest BCUT2D eigenvalue weighted by Crippen LogP contribution is 2.37. The minimum Gasteiger partial charge on any atom is -0.350 e. The monoisotopic (exact) mass is 691 g/mol. The van der Waals surface area contributed by atoms with Crippen LogP contribution >= 0.6 is 34.8 Å². The minimum absolute atomic E-state index is 0.0224. The van der Waals surface area contributed by atoms with Crippen molar-refractivity contribution in [2.24, 2.45) is 0 Å². The molecule has 7 nitrogen and oxygen atoms in total. The predicted octanol–water partition coefficient (Wildman–Crippen LogP) is 6.99. The van der Waals surface area contributed by atoms with E-state index in [0.29, 0.717) is 21.5 Å². The van der Waals surface area contributed by atoms with Gasteiger partial charge in [0.05, 0.1) is 22.5 Å². The summed E-state index contributed by atoms with van der Waals surface area (Å²) in [6.45, 7) is 4.02. The number of hydrogen-bond acceptors (Lipinski definition) is 4. The van der Waals surface area contributed by atoms with Gasteiger partial charge < -0.3 is 10.2 Å². The smallest absolute Gasteiger partial charge is 0.350 e. The minimum atomic E-state index is -4.89. The zero-order chi connectivity index (χ0) is 33.0. The van der Waals surface area contributed by atoms with E-state index >= 15 is 0 Å². The fourth-order valence-electron chi connectivity index (χ4n) is 4.36. The molecule has 0 aromatic heterocycles. The summed E-state index contributed by atoms with van der Waals surface area (Å²) in [6.07, 6.45) is -4.11. The highest BCUT2D eigenvalue weighted by Gasteiger charge is 2.37. The lowest BCUT2D eigenvalue weighted by Gasteiger charge is -2.35. The third-order valence-corrected chi connectivity index (χ3v) is 8.56. The average molecular weight is 693 g/mol. The SMILES string of the molecule is CC(C)(C)NC(=O)[C@@H](Cc1ccccc1)N(Cc1c(Cl)cccc1Cl)C(=O)CN(c1ccc(Cl)c(C(F)(F)F)c1)S(C)(=O)=O. The van der Waals surface area contributed by atoms with E-state index in [-0.39, 0.29) is 23.0 Å². The molecule has 3 aromatic carbocycles. The summed E-state index contributed by atoms with van der Waals surface area (Å²) < 4.78 is 67.3.